The van der Waals surface area contributed by atoms with E-state index in [2.05, 4.69) is 0 Å². The Morgan fingerprint density at radius 3 is 2.29 bits per heavy atom. The average molecular weight is 289 g/mol. The predicted octanol–water partition coefficient (Wildman–Crippen LogP) is 3.26. The first-order valence-electron chi connectivity index (χ1n) is 6.72. The first kappa shape index (κ1) is 15.3. The molecule has 2 rings (SSSR count). The van der Waals surface area contributed by atoms with Crippen molar-refractivity contribution < 1.29 is 13.9 Å². The SMILES string of the molecule is COc1ccc(CC(C)(N)c2cccc(OC)c2F)cc1. The molecule has 0 aromatic heterocycles. The molecule has 0 heterocycles. The number of halogens is 1. The van der Waals surface area contributed by atoms with Crippen LogP contribution in [0.5, 0.6) is 11.5 Å². The fraction of sp³-hybridized carbons (Fsp3) is 0.294. The second-order valence-corrected chi connectivity index (χ2v) is 5.26. The minimum absolute atomic E-state index is 0.207. The summed E-state index contributed by atoms with van der Waals surface area (Å²) < 4.78 is 24.5. The smallest absolute Gasteiger partial charge is 0.170 e. The molecule has 21 heavy (non-hydrogen) atoms. The lowest BCUT2D eigenvalue weighted by Gasteiger charge is -2.26. The summed E-state index contributed by atoms with van der Waals surface area (Å²) in [6.45, 7) is 1.81. The Bertz CT molecular complexity index is 609. The van der Waals surface area contributed by atoms with Crippen molar-refractivity contribution in [2.24, 2.45) is 5.73 Å². The summed E-state index contributed by atoms with van der Waals surface area (Å²) >= 11 is 0. The summed E-state index contributed by atoms with van der Waals surface area (Å²) in [5.74, 6) is 0.586. The van der Waals surface area contributed by atoms with Crippen LogP contribution in [0, 0.1) is 5.82 Å². The van der Waals surface area contributed by atoms with Crippen LogP contribution in [0.4, 0.5) is 4.39 Å². The van der Waals surface area contributed by atoms with E-state index >= 15 is 0 Å². The van der Waals surface area contributed by atoms with Crippen molar-refractivity contribution in [3.05, 3.63) is 59.4 Å². The molecule has 0 aliphatic rings. The lowest BCUT2D eigenvalue weighted by atomic mass is 9.86. The Balaban J connectivity index is 2.28. The van der Waals surface area contributed by atoms with Gasteiger partial charge in [0, 0.05) is 11.1 Å². The molecule has 0 saturated carbocycles. The van der Waals surface area contributed by atoms with E-state index in [1.54, 1.807) is 25.3 Å². The largest absolute Gasteiger partial charge is 0.497 e. The maximum absolute atomic E-state index is 14.4. The van der Waals surface area contributed by atoms with E-state index in [4.69, 9.17) is 15.2 Å². The molecule has 0 bridgehead atoms. The van der Waals surface area contributed by atoms with E-state index in [0.29, 0.717) is 12.0 Å². The number of rotatable bonds is 5. The van der Waals surface area contributed by atoms with Crippen LogP contribution in [0.3, 0.4) is 0 Å². The van der Waals surface area contributed by atoms with Gasteiger partial charge >= 0.3 is 0 Å². The van der Waals surface area contributed by atoms with Gasteiger partial charge in [-0.05, 0) is 37.1 Å². The Hall–Kier alpha value is -2.07. The molecular formula is C17H20FNO2. The zero-order valence-electron chi connectivity index (χ0n) is 12.5. The van der Waals surface area contributed by atoms with E-state index < -0.39 is 11.4 Å². The highest BCUT2D eigenvalue weighted by Gasteiger charge is 2.26. The van der Waals surface area contributed by atoms with Gasteiger partial charge in [-0.2, -0.15) is 0 Å². The molecule has 0 aliphatic heterocycles. The Morgan fingerprint density at radius 2 is 1.71 bits per heavy atom. The number of hydrogen-bond donors (Lipinski definition) is 1. The van der Waals surface area contributed by atoms with Crippen LogP contribution < -0.4 is 15.2 Å². The minimum Gasteiger partial charge on any atom is -0.497 e. The summed E-state index contributed by atoms with van der Waals surface area (Å²) in [4.78, 5) is 0. The van der Waals surface area contributed by atoms with Crippen molar-refractivity contribution in [2.75, 3.05) is 14.2 Å². The number of nitrogens with two attached hydrogens (primary N) is 1. The third-order valence-corrected chi connectivity index (χ3v) is 3.53. The van der Waals surface area contributed by atoms with E-state index in [-0.39, 0.29) is 5.75 Å². The highest BCUT2D eigenvalue weighted by molar-refractivity contribution is 5.37. The van der Waals surface area contributed by atoms with Crippen LogP contribution in [0.2, 0.25) is 0 Å². The van der Waals surface area contributed by atoms with Crippen LogP contribution in [-0.2, 0) is 12.0 Å². The lowest BCUT2D eigenvalue weighted by Crippen LogP contribution is -2.36. The average Bonchev–Trinajstić information content (AvgIpc) is 2.47. The van der Waals surface area contributed by atoms with Gasteiger partial charge < -0.3 is 15.2 Å². The molecule has 3 nitrogen and oxygen atoms in total. The number of benzene rings is 2. The van der Waals surface area contributed by atoms with Gasteiger partial charge in [0.1, 0.15) is 5.75 Å². The van der Waals surface area contributed by atoms with Gasteiger partial charge in [-0.3, -0.25) is 0 Å². The van der Waals surface area contributed by atoms with Crippen molar-refractivity contribution >= 4 is 0 Å². The fourth-order valence-corrected chi connectivity index (χ4v) is 2.37. The lowest BCUT2D eigenvalue weighted by molar-refractivity contribution is 0.372. The second kappa shape index (κ2) is 6.14. The summed E-state index contributed by atoms with van der Waals surface area (Å²) in [5.41, 5.74) is 6.97. The highest BCUT2D eigenvalue weighted by atomic mass is 19.1. The number of methoxy groups -OCH3 is 2. The van der Waals surface area contributed by atoms with Crippen LogP contribution in [0.1, 0.15) is 18.1 Å². The molecule has 2 N–H and O–H groups in total. The molecule has 2 aromatic carbocycles. The van der Waals surface area contributed by atoms with Gasteiger partial charge in [0.05, 0.1) is 14.2 Å². The van der Waals surface area contributed by atoms with Gasteiger partial charge in [0.25, 0.3) is 0 Å². The van der Waals surface area contributed by atoms with Gasteiger partial charge in [-0.1, -0.05) is 24.3 Å². The zero-order valence-corrected chi connectivity index (χ0v) is 12.5. The first-order valence-corrected chi connectivity index (χ1v) is 6.72. The van der Waals surface area contributed by atoms with Crippen LogP contribution in [-0.4, -0.2) is 14.2 Å². The van der Waals surface area contributed by atoms with E-state index in [1.165, 1.54) is 7.11 Å². The van der Waals surface area contributed by atoms with E-state index in [1.807, 2.05) is 31.2 Å². The topological polar surface area (TPSA) is 44.5 Å². The molecule has 2 aromatic rings. The molecule has 112 valence electrons. The summed E-state index contributed by atoms with van der Waals surface area (Å²) in [7, 11) is 3.06. The zero-order chi connectivity index (χ0) is 15.5. The van der Waals surface area contributed by atoms with Gasteiger partial charge in [0.2, 0.25) is 0 Å². The van der Waals surface area contributed by atoms with Crippen molar-refractivity contribution in [1.82, 2.24) is 0 Å². The monoisotopic (exact) mass is 289 g/mol. The fourth-order valence-electron chi connectivity index (χ4n) is 2.37. The molecule has 1 unspecified atom stereocenters. The Labute approximate surface area is 124 Å². The molecule has 0 saturated heterocycles. The van der Waals surface area contributed by atoms with Crippen LogP contribution in [0.25, 0.3) is 0 Å². The third kappa shape index (κ3) is 3.34. The summed E-state index contributed by atoms with van der Waals surface area (Å²) in [5, 5.41) is 0. The van der Waals surface area contributed by atoms with Gasteiger partial charge in [-0.25, -0.2) is 4.39 Å². The Kier molecular flexibility index (Phi) is 4.48. The highest BCUT2D eigenvalue weighted by Crippen LogP contribution is 2.30. The van der Waals surface area contributed by atoms with Crippen molar-refractivity contribution in [1.29, 1.82) is 0 Å². The number of ether oxygens (including phenoxy) is 2. The van der Waals surface area contributed by atoms with Gasteiger partial charge in [0.15, 0.2) is 11.6 Å². The molecule has 0 amide bonds. The molecule has 0 radical (unpaired) electrons. The third-order valence-electron chi connectivity index (χ3n) is 3.53. The predicted molar refractivity (Wildman–Crippen MR) is 81.2 cm³/mol. The molecular weight excluding hydrogens is 269 g/mol. The Morgan fingerprint density at radius 1 is 1.05 bits per heavy atom. The first-order chi connectivity index (χ1) is 9.97. The van der Waals surface area contributed by atoms with Crippen molar-refractivity contribution in [2.45, 2.75) is 18.9 Å². The van der Waals surface area contributed by atoms with Crippen molar-refractivity contribution in [3.8, 4) is 11.5 Å². The molecule has 0 fully saturated rings. The molecule has 4 heteroatoms. The minimum atomic E-state index is -0.826. The molecule has 0 aliphatic carbocycles. The molecule has 0 spiro atoms. The second-order valence-electron chi connectivity index (χ2n) is 5.26. The van der Waals surface area contributed by atoms with Crippen LogP contribution >= 0.6 is 0 Å². The maximum atomic E-state index is 14.4. The molecule has 1 atom stereocenters. The van der Waals surface area contributed by atoms with Gasteiger partial charge in [-0.15, -0.1) is 0 Å². The normalized spacial score (nSPS) is 13.6. The summed E-state index contributed by atoms with van der Waals surface area (Å²) in [6, 6.07) is 12.6. The van der Waals surface area contributed by atoms with Crippen LogP contribution in [0.15, 0.2) is 42.5 Å². The van der Waals surface area contributed by atoms with E-state index in [0.717, 1.165) is 11.3 Å². The standard InChI is InChI=1S/C17H20FNO2/c1-17(19,11-12-7-9-13(20-2)10-8-12)14-5-4-6-15(21-3)16(14)18/h4-10H,11,19H2,1-3H3. The van der Waals surface area contributed by atoms with E-state index in [9.17, 15) is 4.39 Å². The van der Waals surface area contributed by atoms with Crippen molar-refractivity contribution in [3.63, 3.8) is 0 Å². The quantitative estimate of drug-likeness (QED) is 0.919. The maximum Gasteiger partial charge on any atom is 0.170 e. The number of hydrogen-bond acceptors (Lipinski definition) is 3. The summed E-state index contributed by atoms with van der Waals surface area (Å²) in [6.07, 6.45) is 0.515.